The Morgan fingerprint density at radius 3 is 1.55 bits per heavy atom. The van der Waals surface area contributed by atoms with E-state index in [0.717, 1.165) is 51.1 Å². The smallest absolute Gasteiger partial charge is 1.00 e. The van der Waals surface area contributed by atoms with Gasteiger partial charge in [-0.1, -0.05) is 0 Å². The molecule has 2 aliphatic carbocycles. The van der Waals surface area contributed by atoms with Gasteiger partial charge >= 0.3 is 244 Å². The van der Waals surface area contributed by atoms with Crippen LogP contribution in [0.3, 0.4) is 0 Å². The molecule has 42 heavy (non-hydrogen) atoms. The number of rotatable bonds is 3. The summed E-state index contributed by atoms with van der Waals surface area (Å²) in [6.45, 7) is 1.85. The standard InChI is InChI=1S/C33H21F6.2ClH.Zr/c1-19-25-12-7-8-14-27(25)31(29(19)22-15-23(32(34,35)36)18-24(16-22)33(37,38)39)30-26-13-6-5-11-21(26)17-28(30)20-9-3-2-4-10-20;;;/h2-19H,1H3;2*1H;/q;;;+2/p-2. The second kappa shape index (κ2) is 11.8. The van der Waals surface area contributed by atoms with E-state index in [2.05, 4.69) is 6.07 Å². The third-order valence-corrected chi connectivity index (χ3v) is 9.21. The van der Waals surface area contributed by atoms with E-state index < -0.39 is 29.4 Å². The maximum absolute atomic E-state index is 13.9. The zero-order chi connectivity index (χ0) is 28.4. The molecular weight excluding hydrogens is 672 g/mol. The maximum Gasteiger partial charge on any atom is -1.00 e. The van der Waals surface area contributed by atoms with Gasteiger partial charge in [0.05, 0.1) is 0 Å². The van der Waals surface area contributed by atoms with E-state index in [1.165, 1.54) is 24.7 Å². The van der Waals surface area contributed by atoms with Crippen molar-refractivity contribution in [1.29, 1.82) is 0 Å². The van der Waals surface area contributed by atoms with E-state index in [1.807, 2.05) is 79.7 Å². The summed E-state index contributed by atoms with van der Waals surface area (Å²) in [4.78, 5) is 0. The van der Waals surface area contributed by atoms with Gasteiger partial charge in [0, 0.05) is 0 Å². The van der Waals surface area contributed by atoms with Crippen LogP contribution in [0.5, 0.6) is 0 Å². The van der Waals surface area contributed by atoms with Crippen molar-refractivity contribution >= 4 is 22.3 Å². The predicted octanol–water partition coefficient (Wildman–Crippen LogP) is 3.97. The number of halogens is 8. The van der Waals surface area contributed by atoms with E-state index in [1.54, 1.807) is 0 Å². The number of benzene rings is 4. The summed E-state index contributed by atoms with van der Waals surface area (Å²) in [7, 11) is 0. The topological polar surface area (TPSA) is 0 Å². The molecule has 2 aliphatic rings. The second-order valence-corrected chi connectivity index (χ2v) is 11.5. The molecule has 4 aromatic carbocycles. The van der Waals surface area contributed by atoms with Crippen LogP contribution >= 0.6 is 0 Å². The molecule has 0 aliphatic heterocycles. The first kappa shape index (κ1) is 32.3. The van der Waals surface area contributed by atoms with Crippen LogP contribution in [0.2, 0.25) is 0 Å². The normalized spacial score (nSPS) is 17.9. The first-order valence-corrected chi connectivity index (χ1v) is 14.1. The molecule has 4 aromatic rings. The van der Waals surface area contributed by atoms with Crippen LogP contribution in [0.1, 0.15) is 61.0 Å². The Kier molecular flexibility index (Phi) is 9.10. The van der Waals surface area contributed by atoms with Crippen LogP contribution in [0, 0.1) is 0 Å². The van der Waals surface area contributed by atoms with Crippen molar-refractivity contribution in [3.63, 3.8) is 0 Å². The van der Waals surface area contributed by atoms with Crippen molar-refractivity contribution < 1.29 is 75.9 Å². The minimum atomic E-state index is -4.93. The predicted molar refractivity (Wildman–Crippen MR) is 141 cm³/mol. The zero-order valence-corrected chi connectivity index (χ0v) is 25.9. The van der Waals surface area contributed by atoms with Crippen molar-refractivity contribution in [2.45, 2.75) is 28.8 Å². The molecule has 9 heteroatoms. The van der Waals surface area contributed by atoms with Gasteiger partial charge in [0.25, 0.3) is 0 Å². The van der Waals surface area contributed by atoms with Crippen LogP contribution in [-0.4, -0.2) is 0 Å². The molecular formula is C33H21Cl2F6Zr. The molecule has 0 heterocycles. The van der Waals surface area contributed by atoms with E-state index in [4.69, 9.17) is 0 Å². The van der Waals surface area contributed by atoms with Gasteiger partial charge in [-0.25, -0.2) is 0 Å². The SMILES string of the molecule is CC1C(c2cc(C(F)(F)F)cc(C(F)(F)F)c2)=C(C2=C(c3ccccc3)[CH]([Zr+2])c3ccccc32)c2ccccc21.[Cl-].[Cl-]. The summed E-state index contributed by atoms with van der Waals surface area (Å²) in [5.74, 6) is -0.420. The molecule has 2 atom stereocenters. The Bertz CT molecular complexity index is 1670. The van der Waals surface area contributed by atoms with Crippen molar-refractivity contribution in [2.24, 2.45) is 0 Å². The van der Waals surface area contributed by atoms with Gasteiger partial charge in [0.1, 0.15) is 0 Å². The van der Waals surface area contributed by atoms with Gasteiger partial charge in [-0.3, -0.25) is 0 Å². The fourth-order valence-electron chi connectivity index (χ4n) is 6.01. The minimum Gasteiger partial charge on any atom is -1.00 e. The molecule has 0 N–H and O–H groups in total. The van der Waals surface area contributed by atoms with Crippen LogP contribution in [0.15, 0.2) is 97.1 Å². The minimum absolute atomic E-state index is 0. The molecule has 0 nitrogen and oxygen atoms in total. The van der Waals surface area contributed by atoms with Gasteiger partial charge in [0.2, 0.25) is 0 Å². The van der Waals surface area contributed by atoms with E-state index in [-0.39, 0.29) is 40.1 Å². The van der Waals surface area contributed by atoms with Gasteiger partial charge in [-0.2, -0.15) is 0 Å². The number of fused-ring (bicyclic) bond motifs is 2. The van der Waals surface area contributed by atoms with E-state index in [9.17, 15) is 26.3 Å². The van der Waals surface area contributed by atoms with E-state index >= 15 is 0 Å². The van der Waals surface area contributed by atoms with Crippen molar-refractivity contribution in [3.05, 3.63) is 142 Å². The zero-order valence-electron chi connectivity index (χ0n) is 21.9. The molecule has 6 rings (SSSR count). The summed E-state index contributed by atoms with van der Waals surface area (Å²) in [5, 5.41) is 0. The number of allylic oxidation sites excluding steroid dienone is 4. The van der Waals surface area contributed by atoms with Crippen molar-refractivity contribution in [3.8, 4) is 0 Å². The summed E-state index contributed by atoms with van der Waals surface area (Å²) >= 11 is 1.24. The fourth-order valence-corrected chi connectivity index (χ4v) is 7.40. The molecule has 0 aromatic heterocycles. The van der Waals surface area contributed by atoms with Crippen molar-refractivity contribution in [2.75, 3.05) is 0 Å². The Labute approximate surface area is 267 Å². The monoisotopic (exact) mass is 691 g/mol. The van der Waals surface area contributed by atoms with Crippen LogP contribution in [0.4, 0.5) is 26.3 Å². The first-order valence-electron chi connectivity index (χ1n) is 12.7. The molecule has 0 radical (unpaired) electrons. The van der Waals surface area contributed by atoms with Crippen LogP contribution in [-0.2, 0) is 37.1 Å². The number of hydrogen-bond acceptors (Lipinski definition) is 0. The molecule has 2 unspecified atom stereocenters. The molecule has 0 spiro atoms. The summed E-state index contributed by atoms with van der Waals surface area (Å²) in [6.07, 6.45) is -9.87. The third kappa shape index (κ3) is 5.45. The number of alkyl halides is 6. The van der Waals surface area contributed by atoms with Gasteiger partial charge in [-0.05, 0) is 0 Å². The number of hydrogen-bond donors (Lipinski definition) is 0. The van der Waals surface area contributed by atoms with Crippen molar-refractivity contribution in [1.82, 2.24) is 0 Å². The average Bonchev–Trinajstić information content (AvgIpc) is 3.38. The van der Waals surface area contributed by atoms with Gasteiger partial charge in [-0.15, -0.1) is 0 Å². The molecule has 213 valence electrons. The van der Waals surface area contributed by atoms with Gasteiger partial charge in [0.15, 0.2) is 0 Å². The largest absolute Gasteiger partial charge is 1.00 e. The third-order valence-electron chi connectivity index (χ3n) is 7.73. The summed E-state index contributed by atoms with van der Waals surface area (Å²) < 4.78 is 83.6. The first-order chi connectivity index (χ1) is 19.0. The summed E-state index contributed by atoms with van der Waals surface area (Å²) in [6, 6.07) is 27.2. The quantitative estimate of drug-likeness (QED) is 0.285. The van der Waals surface area contributed by atoms with Crippen LogP contribution < -0.4 is 24.8 Å². The van der Waals surface area contributed by atoms with E-state index in [0.29, 0.717) is 11.1 Å². The maximum atomic E-state index is 13.9. The molecule has 0 saturated heterocycles. The fraction of sp³-hybridized carbons (Fsp3) is 0.152. The Morgan fingerprint density at radius 2 is 1.00 bits per heavy atom. The average molecular weight is 694 g/mol. The molecule has 0 amide bonds. The molecule has 0 bridgehead atoms. The molecule has 0 saturated carbocycles. The Hall–Kier alpha value is -2.60. The van der Waals surface area contributed by atoms with Crippen LogP contribution in [0.25, 0.3) is 22.3 Å². The molecule has 0 fully saturated rings. The Balaban J connectivity index is 0.00000202. The summed E-state index contributed by atoms with van der Waals surface area (Å²) in [5.41, 5.74) is 5.17. The Morgan fingerprint density at radius 1 is 0.548 bits per heavy atom. The second-order valence-electron chi connectivity index (χ2n) is 10.1. The van der Waals surface area contributed by atoms with Gasteiger partial charge < -0.3 is 24.8 Å².